The number of rotatable bonds is 7. The van der Waals surface area contributed by atoms with Gasteiger partial charge in [0.15, 0.2) is 11.6 Å². The number of ketones is 1. The fraction of sp³-hybridized carbons (Fsp3) is 0.235. The van der Waals surface area contributed by atoms with Gasteiger partial charge in [0.05, 0.1) is 47.7 Å². The lowest BCUT2D eigenvalue weighted by Crippen LogP contribution is -2.41. The number of nitrogen functional groups attached to an aromatic ring is 1. The van der Waals surface area contributed by atoms with Crippen LogP contribution in [-0.2, 0) is 9.53 Å². The lowest BCUT2D eigenvalue weighted by atomic mass is 10.1. The van der Waals surface area contributed by atoms with Crippen molar-refractivity contribution in [1.82, 2.24) is 20.1 Å². The van der Waals surface area contributed by atoms with Gasteiger partial charge in [-0.1, -0.05) is 12.1 Å². The van der Waals surface area contributed by atoms with Crippen LogP contribution in [0, 0.1) is 12.7 Å². The monoisotopic (exact) mass is 637 g/mol. The smallest absolute Gasteiger partial charge is 0.329 e. The zero-order valence-corrected chi connectivity index (χ0v) is 26.0. The van der Waals surface area contributed by atoms with Gasteiger partial charge in [0.2, 0.25) is 5.78 Å². The fourth-order valence-corrected chi connectivity index (χ4v) is 5.94. The van der Waals surface area contributed by atoms with Crippen LogP contribution in [0.5, 0.6) is 11.5 Å². The number of ether oxygens (including phenoxy) is 2. The third kappa shape index (κ3) is 5.23. The van der Waals surface area contributed by atoms with Crippen LogP contribution in [0.25, 0.3) is 16.6 Å². The maximum atomic E-state index is 14.1. The molecule has 0 saturated carbocycles. The van der Waals surface area contributed by atoms with Crippen LogP contribution in [0.3, 0.4) is 0 Å². The van der Waals surface area contributed by atoms with Crippen molar-refractivity contribution in [2.75, 3.05) is 41.8 Å². The average Bonchev–Trinajstić information content (AvgIpc) is 3.70. The van der Waals surface area contributed by atoms with Gasteiger partial charge in [-0.2, -0.15) is 5.10 Å². The van der Waals surface area contributed by atoms with E-state index in [-0.39, 0.29) is 34.5 Å². The van der Waals surface area contributed by atoms with Crippen molar-refractivity contribution in [2.24, 2.45) is 0 Å². The Labute approximate surface area is 268 Å². The van der Waals surface area contributed by atoms with E-state index >= 15 is 0 Å². The number of hydrogen-bond donors (Lipinski definition) is 3. The van der Waals surface area contributed by atoms with Crippen LogP contribution in [0.1, 0.15) is 35.5 Å². The number of imide groups is 1. The molecule has 5 aromatic rings. The summed E-state index contributed by atoms with van der Waals surface area (Å²) in [5, 5.41) is 7.86. The molecule has 4 heterocycles. The second kappa shape index (κ2) is 11.3. The van der Waals surface area contributed by atoms with Gasteiger partial charge in [0, 0.05) is 24.0 Å². The highest BCUT2D eigenvalue weighted by molar-refractivity contribution is 6.25. The fourth-order valence-electron chi connectivity index (χ4n) is 5.94. The number of anilines is 3. The summed E-state index contributed by atoms with van der Waals surface area (Å²) in [5.74, 6) is -0.556. The molecule has 2 fully saturated rings. The number of carbonyl (C=O) groups excluding carboxylic acids is 3. The molecule has 2 aliphatic rings. The van der Waals surface area contributed by atoms with Gasteiger partial charge in [-0.3, -0.25) is 9.59 Å². The van der Waals surface area contributed by atoms with Crippen LogP contribution in [0.15, 0.2) is 66.9 Å². The number of halogens is 1. The Morgan fingerprint density at radius 3 is 2.49 bits per heavy atom. The Bertz CT molecular complexity index is 2080. The minimum absolute atomic E-state index is 0.104. The molecule has 240 valence electrons. The maximum Gasteiger partial charge on any atom is 0.329 e. The van der Waals surface area contributed by atoms with E-state index in [2.05, 4.69) is 20.3 Å². The second-order valence-electron chi connectivity index (χ2n) is 12.1. The van der Waals surface area contributed by atoms with E-state index in [4.69, 9.17) is 15.2 Å². The van der Waals surface area contributed by atoms with E-state index < -0.39 is 17.4 Å². The molecule has 2 aliphatic heterocycles. The molecular formula is C34H32FN7O5. The number of para-hydroxylation sites is 1. The number of nitrogens with zero attached hydrogens (tertiary/aromatic N) is 4. The number of nitrogens with two attached hydrogens (primary N) is 1. The molecule has 0 spiro atoms. The molecular weight excluding hydrogens is 605 g/mol. The van der Waals surface area contributed by atoms with Gasteiger partial charge < -0.3 is 30.4 Å². The Balaban J connectivity index is 1.21. The molecule has 2 aromatic heterocycles. The number of fused-ring (bicyclic) bond motifs is 1. The molecule has 0 bridgehead atoms. The Hall–Kier alpha value is -5.69. The Morgan fingerprint density at radius 2 is 1.79 bits per heavy atom. The summed E-state index contributed by atoms with van der Waals surface area (Å²) in [6.07, 6.45) is 1.41. The first-order chi connectivity index (χ1) is 22.5. The topological polar surface area (TPSA) is 148 Å². The number of carbonyl (C=O) groups is 3. The first-order valence-corrected chi connectivity index (χ1v) is 15.1. The highest BCUT2D eigenvalue weighted by Crippen LogP contribution is 2.38. The molecule has 3 amide bonds. The summed E-state index contributed by atoms with van der Waals surface area (Å²) < 4.78 is 26.8. The van der Waals surface area contributed by atoms with Crippen molar-refractivity contribution in [3.8, 4) is 17.2 Å². The summed E-state index contributed by atoms with van der Waals surface area (Å²) in [6.45, 7) is 7.31. The summed E-state index contributed by atoms with van der Waals surface area (Å²) >= 11 is 0. The standard InChI is InChI=1S/C34H32FN7O5/c1-19-14-21(47-29-7-5-4-6-23(29)35)8-9-26(19)42-31(36)22(18-37-42)30(43)25-15-20-16-27(40-10-12-46-13-11-40)28(17-24(20)38-25)41-32(44)34(2,3)39-33(41)45/h4-9,14-18,38H,10-13,36H2,1-3H3,(H,39,45). The largest absolute Gasteiger partial charge is 0.454 e. The molecule has 3 aromatic carbocycles. The molecule has 0 aliphatic carbocycles. The zero-order valence-electron chi connectivity index (χ0n) is 26.0. The lowest BCUT2D eigenvalue weighted by molar-refractivity contribution is -0.121. The lowest BCUT2D eigenvalue weighted by Gasteiger charge is -2.32. The van der Waals surface area contributed by atoms with Crippen LogP contribution in [-0.4, -0.2) is 64.3 Å². The van der Waals surface area contributed by atoms with Gasteiger partial charge in [-0.25, -0.2) is 18.8 Å². The van der Waals surface area contributed by atoms with E-state index in [0.29, 0.717) is 54.6 Å². The van der Waals surface area contributed by atoms with Crippen LogP contribution in [0.2, 0.25) is 0 Å². The molecule has 0 atom stereocenters. The summed E-state index contributed by atoms with van der Waals surface area (Å²) in [6, 6.07) is 16.1. The van der Waals surface area contributed by atoms with Crippen molar-refractivity contribution < 1.29 is 28.2 Å². The van der Waals surface area contributed by atoms with Crippen molar-refractivity contribution in [3.05, 3.63) is 89.5 Å². The van der Waals surface area contributed by atoms with Crippen molar-refractivity contribution >= 4 is 45.8 Å². The first-order valence-electron chi connectivity index (χ1n) is 15.1. The molecule has 47 heavy (non-hydrogen) atoms. The number of nitrogens with one attached hydrogen (secondary N) is 2. The third-order valence-electron chi connectivity index (χ3n) is 8.43. The first kappa shape index (κ1) is 30.0. The van der Waals surface area contributed by atoms with Gasteiger partial charge >= 0.3 is 6.03 Å². The number of aromatic nitrogens is 3. The zero-order chi connectivity index (χ0) is 33.0. The number of morpholine rings is 1. The minimum Gasteiger partial charge on any atom is -0.454 e. The number of amides is 3. The number of H-pyrrole nitrogens is 1. The van der Waals surface area contributed by atoms with Crippen LogP contribution < -0.4 is 25.6 Å². The van der Waals surface area contributed by atoms with E-state index in [1.807, 2.05) is 13.0 Å². The number of urea groups is 1. The quantitative estimate of drug-likeness (QED) is 0.165. The summed E-state index contributed by atoms with van der Waals surface area (Å²) in [7, 11) is 0. The Morgan fingerprint density at radius 1 is 1.02 bits per heavy atom. The number of aryl methyl sites for hydroxylation is 1. The van der Waals surface area contributed by atoms with E-state index in [9.17, 15) is 18.8 Å². The number of aromatic amines is 1. The van der Waals surface area contributed by atoms with Gasteiger partial charge in [0.1, 0.15) is 17.1 Å². The van der Waals surface area contributed by atoms with E-state index in [0.717, 1.165) is 15.8 Å². The second-order valence-corrected chi connectivity index (χ2v) is 12.1. The highest BCUT2D eigenvalue weighted by Gasteiger charge is 2.46. The normalized spacial score (nSPS) is 16.2. The predicted octanol–water partition coefficient (Wildman–Crippen LogP) is 5.08. The molecule has 12 nitrogen and oxygen atoms in total. The molecule has 7 rings (SSSR count). The number of benzene rings is 3. The molecule has 0 radical (unpaired) electrons. The Kier molecular flexibility index (Phi) is 7.20. The molecule has 13 heteroatoms. The highest BCUT2D eigenvalue weighted by atomic mass is 19.1. The van der Waals surface area contributed by atoms with Crippen LogP contribution >= 0.6 is 0 Å². The third-order valence-corrected chi connectivity index (χ3v) is 8.43. The average molecular weight is 638 g/mol. The van der Waals surface area contributed by atoms with Gasteiger partial charge in [-0.15, -0.1) is 0 Å². The molecule has 2 saturated heterocycles. The van der Waals surface area contributed by atoms with E-state index in [1.54, 1.807) is 62.4 Å². The molecule has 4 N–H and O–H groups in total. The van der Waals surface area contributed by atoms with Crippen molar-refractivity contribution in [3.63, 3.8) is 0 Å². The van der Waals surface area contributed by atoms with Crippen LogP contribution in [0.4, 0.5) is 26.4 Å². The summed E-state index contributed by atoms with van der Waals surface area (Å²) in [5.41, 5.74) is 8.90. The van der Waals surface area contributed by atoms with E-state index in [1.165, 1.54) is 16.9 Å². The van der Waals surface area contributed by atoms with Crippen molar-refractivity contribution in [1.29, 1.82) is 0 Å². The van der Waals surface area contributed by atoms with Crippen molar-refractivity contribution in [2.45, 2.75) is 26.3 Å². The maximum absolute atomic E-state index is 14.1. The van der Waals surface area contributed by atoms with Gasteiger partial charge in [-0.05, 0) is 74.9 Å². The van der Waals surface area contributed by atoms with Gasteiger partial charge in [0.25, 0.3) is 5.91 Å². The molecule has 0 unspecified atom stereocenters. The predicted molar refractivity (Wildman–Crippen MR) is 174 cm³/mol. The SMILES string of the molecule is Cc1cc(Oc2ccccc2F)ccc1-n1ncc(C(=O)c2cc3cc(N4CCOCC4)c(N4C(=O)NC(C)(C)C4=O)cc3[nH]2)c1N. The minimum atomic E-state index is -1.06. The number of hydrogen-bond acceptors (Lipinski definition) is 8. The summed E-state index contributed by atoms with van der Waals surface area (Å²) in [4.78, 5) is 46.5.